The van der Waals surface area contributed by atoms with Gasteiger partial charge in [0.1, 0.15) is 5.76 Å². The van der Waals surface area contributed by atoms with Gasteiger partial charge in [0.05, 0.1) is 11.6 Å². The second-order valence-corrected chi connectivity index (χ2v) is 5.55. The van der Waals surface area contributed by atoms with Crippen LogP contribution in [0.5, 0.6) is 0 Å². The fourth-order valence-corrected chi connectivity index (χ4v) is 2.37. The van der Waals surface area contributed by atoms with E-state index in [1.807, 2.05) is 0 Å². The molecular formula is C12H8Br2F3NO. The Morgan fingerprint density at radius 1 is 1.11 bits per heavy atom. The number of rotatable bonds is 2. The number of hydrogen-bond acceptors (Lipinski definition) is 2. The minimum atomic E-state index is -4.47. The molecule has 2 rings (SSSR count). The summed E-state index contributed by atoms with van der Waals surface area (Å²) in [6.45, 7) is 0. The quantitative estimate of drug-likeness (QED) is 0.783. The second-order valence-electron chi connectivity index (χ2n) is 3.85. The van der Waals surface area contributed by atoms with Crippen molar-refractivity contribution in [3.8, 4) is 0 Å². The molecule has 0 saturated carbocycles. The van der Waals surface area contributed by atoms with Gasteiger partial charge in [0.2, 0.25) is 0 Å². The Balaban J connectivity index is 2.50. The van der Waals surface area contributed by atoms with Crippen LogP contribution in [-0.4, -0.2) is 0 Å². The predicted octanol–water partition coefficient (Wildman–Crippen LogP) is 4.87. The molecule has 1 aromatic heterocycles. The van der Waals surface area contributed by atoms with Crippen molar-refractivity contribution in [2.24, 2.45) is 5.73 Å². The van der Waals surface area contributed by atoms with E-state index in [9.17, 15) is 13.2 Å². The topological polar surface area (TPSA) is 39.2 Å². The number of hydrogen-bond donors (Lipinski definition) is 1. The summed E-state index contributed by atoms with van der Waals surface area (Å²) in [5, 5.41) is 0. The molecule has 1 atom stereocenters. The molecule has 0 aliphatic heterocycles. The van der Waals surface area contributed by atoms with Crippen LogP contribution >= 0.6 is 31.9 Å². The lowest BCUT2D eigenvalue weighted by atomic mass is 9.99. The first-order valence-corrected chi connectivity index (χ1v) is 6.75. The lowest BCUT2D eigenvalue weighted by molar-refractivity contribution is -0.138. The number of furan rings is 1. The minimum Gasteiger partial charge on any atom is -0.452 e. The van der Waals surface area contributed by atoms with E-state index in [1.54, 1.807) is 6.07 Å². The van der Waals surface area contributed by atoms with Crippen LogP contribution in [0.1, 0.15) is 22.9 Å². The van der Waals surface area contributed by atoms with Gasteiger partial charge < -0.3 is 10.2 Å². The zero-order valence-electron chi connectivity index (χ0n) is 9.34. The molecule has 0 spiro atoms. The molecular weight excluding hydrogens is 391 g/mol. The minimum absolute atomic E-state index is 0.0300. The van der Waals surface area contributed by atoms with E-state index in [0.717, 1.165) is 6.07 Å². The summed E-state index contributed by atoms with van der Waals surface area (Å²) in [6.07, 6.45) is -4.47. The lowest BCUT2D eigenvalue weighted by Crippen LogP contribution is -2.18. The van der Waals surface area contributed by atoms with Crippen LogP contribution in [0.2, 0.25) is 0 Å². The Morgan fingerprint density at radius 3 is 2.32 bits per heavy atom. The van der Waals surface area contributed by atoms with Crippen molar-refractivity contribution >= 4 is 31.9 Å². The van der Waals surface area contributed by atoms with Crippen molar-refractivity contribution in [3.63, 3.8) is 0 Å². The highest BCUT2D eigenvalue weighted by Gasteiger charge is 2.35. The standard InChI is InChI=1S/C12H8Br2F3NO/c13-6-1-2-7(8(5-6)12(15,16)17)11(18)9-3-4-10(14)19-9/h1-5,11H,18H2. The van der Waals surface area contributed by atoms with E-state index < -0.39 is 17.8 Å². The van der Waals surface area contributed by atoms with Gasteiger partial charge in [-0.25, -0.2) is 0 Å². The first-order valence-electron chi connectivity index (χ1n) is 5.16. The highest BCUT2D eigenvalue weighted by atomic mass is 79.9. The Bertz CT molecular complexity index is 595. The third kappa shape index (κ3) is 3.21. The van der Waals surface area contributed by atoms with Gasteiger partial charge >= 0.3 is 6.18 Å². The zero-order valence-corrected chi connectivity index (χ0v) is 12.5. The normalized spacial score (nSPS) is 13.6. The molecule has 19 heavy (non-hydrogen) atoms. The molecule has 7 heteroatoms. The first kappa shape index (κ1) is 14.6. The average molecular weight is 399 g/mol. The summed E-state index contributed by atoms with van der Waals surface area (Å²) in [4.78, 5) is 0. The average Bonchev–Trinajstić information content (AvgIpc) is 2.74. The van der Waals surface area contributed by atoms with Gasteiger partial charge in [-0.2, -0.15) is 13.2 Å². The summed E-state index contributed by atoms with van der Waals surface area (Å²) in [5.41, 5.74) is 5.04. The van der Waals surface area contributed by atoms with Gasteiger partial charge in [-0.05, 0) is 45.8 Å². The van der Waals surface area contributed by atoms with Crippen LogP contribution in [0.4, 0.5) is 13.2 Å². The maximum absolute atomic E-state index is 13.0. The maximum Gasteiger partial charge on any atom is 0.416 e. The van der Waals surface area contributed by atoms with Crippen LogP contribution < -0.4 is 5.73 Å². The van der Waals surface area contributed by atoms with Crippen LogP contribution in [0, 0.1) is 0 Å². The third-order valence-corrected chi connectivity index (χ3v) is 3.48. The molecule has 0 bridgehead atoms. The molecule has 0 aliphatic rings. The molecule has 0 saturated heterocycles. The van der Waals surface area contributed by atoms with Crippen molar-refractivity contribution in [2.45, 2.75) is 12.2 Å². The summed E-state index contributed by atoms with van der Waals surface area (Å²) in [7, 11) is 0. The third-order valence-electron chi connectivity index (χ3n) is 2.56. The molecule has 0 aliphatic carbocycles. The van der Waals surface area contributed by atoms with Crippen molar-refractivity contribution in [3.05, 3.63) is 56.4 Å². The van der Waals surface area contributed by atoms with Gasteiger partial charge in [0.25, 0.3) is 0 Å². The lowest BCUT2D eigenvalue weighted by Gasteiger charge is -2.17. The van der Waals surface area contributed by atoms with Gasteiger partial charge in [0.15, 0.2) is 4.67 Å². The maximum atomic E-state index is 13.0. The molecule has 0 fully saturated rings. The Labute approximate surface area is 124 Å². The Morgan fingerprint density at radius 2 is 1.79 bits per heavy atom. The molecule has 0 amide bonds. The van der Waals surface area contributed by atoms with Gasteiger partial charge in [-0.1, -0.05) is 22.0 Å². The van der Waals surface area contributed by atoms with Crippen LogP contribution in [0.15, 0.2) is 43.9 Å². The predicted molar refractivity (Wildman–Crippen MR) is 71.6 cm³/mol. The van der Waals surface area contributed by atoms with Crippen molar-refractivity contribution in [2.75, 3.05) is 0 Å². The molecule has 2 aromatic rings. The van der Waals surface area contributed by atoms with Crippen LogP contribution in [-0.2, 0) is 6.18 Å². The summed E-state index contributed by atoms with van der Waals surface area (Å²) in [5.74, 6) is 0.264. The van der Waals surface area contributed by atoms with Crippen molar-refractivity contribution < 1.29 is 17.6 Å². The van der Waals surface area contributed by atoms with E-state index in [2.05, 4.69) is 31.9 Å². The number of nitrogens with two attached hydrogens (primary N) is 1. The van der Waals surface area contributed by atoms with Gasteiger partial charge in [0, 0.05) is 4.47 Å². The fourth-order valence-electron chi connectivity index (χ4n) is 1.69. The van der Waals surface area contributed by atoms with Gasteiger partial charge in [-0.15, -0.1) is 0 Å². The smallest absolute Gasteiger partial charge is 0.416 e. The molecule has 1 unspecified atom stereocenters. The van der Waals surface area contributed by atoms with E-state index in [-0.39, 0.29) is 11.3 Å². The molecule has 1 aromatic carbocycles. The molecule has 1 heterocycles. The number of benzene rings is 1. The van der Waals surface area contributed by atoms with E-state index >= 15 is 0 Å². The van der Waals surface area contributed by atoms with E-state index in [4.69, 9.17) is 10.2 Å². The molecule has 102 valence electrons. The SMILES string of the molecule is NC(c1ccc(Br)o1)c1ccc(Br)cc1C(F)(F)F. The second kappa shape index (κ2) is 5.30. The summed E-state index contributed by atoms with van der Waals surface area (Å²) >= 11 is 6.12. The van der Waals surface area contributed by atoms with E-state index in [1.165, 1.54) is 18.2 Å². The molecule has 2 nitrogen and oxygen atoms in total. The highest BCUT2D eigenvalue weighted by molar-refractivity contribution is 9.10. The largest absolute Gasteiger partial charge is 0.452 e. The number of halogens is 5. The Kier molecular flexibility index (Phi) is 4.08. The summed E-state index contributed by atoms with van der Waals surface area (Å²) < 4.78 is 45.0. The zero-order chi connectivity index (χ0) is 14.2. The Hall–Kier alpha value is -0.790. The van der Waals surface area contributed by atoms with Crippen molar-refractivity contribution in [1.82, 2.24) is 0 Å². The fraction of sp³-hybridized carbons (Fsp3) is 0.167. The van der Waals surface area contributed by atoms with Crippen molar-refractivity contribution in [1.29, 1.82) is 0 Å². The van der Waals surface area contributed by atoms with E-state index in [0.29, 0.717) is 9.14 Å². The number of alkyl halides is 3. The van der Waals surface area contributed by atoms with Crippen LogP contribution in [0.3, 0.4) is 0 Å². The van der Waals surface area contributed by atoms with Gasteiger partial charge in [-0.3, -0.25) is 0 Å². The molecule has 2 N–H and O–H groups in total. The molecule has 0 radical (unpaired) electrons. The first-order chi connectivity index (χ1) is 8.79. The summed E-state index contributed by atoms with van der Waals surface area (Å²) in [6, 6.07) is 6.01. The highest BCUT2D eigenvalue weighted by Crippen LogP contribution is 2.37. The van der Waals surface area contributed by atoms with Crippen LogP contribution in [0.25, 0.3) is 0 Å². The monoisotopic (exact) mass is 397 g/mol.